The highest BCUT2D eigenvalue weighted by Gasteiger charge is 2.10. The van der Waals surface area contributed by atoms with Crippen molar-refractivity contribution in [1.29, 1.82) is 0 Å². The molecule has 7 heteroatoms. The van der Waals surface area contributed by atoms with Crippen LogP contribution in [0.15, 0.2) is 29.3 Å². The Bertz CT molecular complexity index is 774. The van der Waals surface area contributed by atoms with Gasteiger partial charge in [-0.2, -0.15) is 4.39 Å². The van der Waals surface area contributed by atoms with Crippen LogP contribution in [0.4, 0.5) is 4.39 Å². The van der Waals surface area contributed by atoms with Crippen LogP contribution in [0.25, 0.3) is 16.9 Å². The van der Waals surface area contributed by atoms with E-state index < -0.39 is 5.95 Å². The second-order valence-electron chi connectivity index (χ2n) is 3.76. The Hall–Kier alpha value is -2.57. The van der Waals surface area contributed by atoms with Gasteiger partial charge in [0.25, 0.3) is 0 Å². The fraction of sp³-hybridized carbons (Fsp3) is 0.0909. The maximum Gasteiger partial charge on any atom is 0.332 e. The molecule has 0 aliphatic heterocycles. The number of pyridine rings is 1. The summed E-state index contributed by atoms with van der Waals surface area (Å²) in [5.74, 6) is -0.0530. The van der Waals surface area contributed by atoms with Crippen molar-refractivity contribution in [2.24, 2.45) is 0 Å². The Morgan fingerprint density at radius 1 is 1.28 bits per heavy atom. The second-order valence-corrected chi connectivity index (χ2v) is 3.76. The molecule has 0 aromatic carbocycles. The first kappa shape index (κ1) is 10.6. The zero-order valence-corrected chi connectivity index (χ0v) is 9.38. The van der Waals surface area contributed by atoms with Crippen LogP contribution in [0, 0.1) is 12.9 Å². The highest BCUT2D eigenvalue weighted by molar-refractivity contribution is 5.71. The van der Waals surface area contributed by atoms with E-state index in [2.05, 4.69) is 19.9 Å². The molecular formula is C11H8FN5O. The number of rotatable bonds is 1. The topological polar surface area (TPSA) is 76.5 Å². The standard InChI is InChI=1S/C11H8FN5O/c1-6-13-5-8-10(15-6)17(11(18)16-8)7-2-3-9(12)14-4-7/h2-5H,1H3,(H,16,18). The molecule has 0 aliphatic rings. The molecule has 0 unspecified atom stereocenters. The number of aromatic amines is 1. The number of fused-ring (bicyclic) bond motifs is 1. The Balaban J connectivity index is 2.34. The lowest BCUT2D eigenvalue weighted by Crippen LogP contribution is -2.15. The van der Waals surface area contributed by atoms with Crippen molar-refractivity contribution in [2.75, 3.05) is 0 Å². The van der Waals surface area contributed by atoms with Crippen molar-refractivity contribution in [3.63, 3.8) is 0 Å². The van der Waals surface area contributed by atoms with Gasteiger partial charge in [-0.3, -0.25) is 0 Å². The van der Waals surface area contributed by atoms with E-state index in [-0.39, 0.29) is 5.69 Å². The number of nitrogens with zero attached hydrogens (tertiary/aromatic N) is 4. The number of hydrogen-bond donors (Lipinski definition) is 1. The van der Waals surface area contributed by atoms with Gasteiger partial charge >= 0.3 is 5.69 Å². The summed E-state index contributed by atoms with van der Waals surface area (Å²) in [4.78, 5) is 26.2. The monoisotopic (exact) mass is 245 g/mol. The van der Waals surface area contributed by atoms with E-state index in [1.54, 1.807) is 6.92 Å². The third-order valence-electron chi connectivity index (χ3n) is 2.52. The molecule has 6 nitrogen and oxygen atoms in total. The summed E-state index contributed by atoms with van der Waals surface area (Å²) in [6.45, 7) is 1.73. The maximum atomic E-state index is 12.8. The fourth-order valence-electron chi connectivity index (χ4n) is 1.72. The van der Waals surface area contributed by atoms with Crippen molar-refractivity contribution in [3.8, 4) is 5.69 Å². The first-order chi connectivity index (χ1) is 8.65. The minimum absolute atomic E-state index is 0.363. The molecule has 3 aromatic rings. The van der Waals surface area contributed by atoms with E-state index in [1.807, 2.05) is 0 Å². The summed E-state index contributed by atoms with van der Waals surface area (Å²) < 4.78 is 14.1. The second kappa shape index (κ2) is 3.73. The van der Waals surface area contributed by atoms with E-state index in [0.29, 0.717) is 22.7 Å². The molecule has 0 aliphatic carbocycles. The first-order valence-electron chi connectivity index (χ1n) is 5.21. The van der Waals surface area contributed by atoms with E-state index in [1.165, 1.54) is 29.1 Å². The van der Waals surface area contributed by atoms with Crippen LogP contribution >= 0.6 is 0 Å². The highest BCUT2D eigenvalue weighted by atomic mass is 19.1. The molecule has 1 N–H and O–H groups in total. The molecule has 3 aromatic heterocycles. The number of imidazole rings is 1. The van der Waals surface area contributed by atoms with Crippen LogP contribution in [-0.2, 0) is 0 Å². The van der Waals surface area contributed by atoms with Crippen molar-refractivity contribution >= 4 is 11.2 Å². The molecule has 0 radical (unpaired) electrons. The molecule has 3 rings (SSSR count). The van der Waals surface area contributed by atoms with Gasteiger partial charge in [0, 0.05) is 0 Å². The van der Waals surface area contributed by atoms with E-state index >= 15 is 0 Å². The summed E-state index contributed by atoms with van der Waals surface area (Å²) in [6, 6.07) is 2.66. The smallest absolute Gasteiger partial charge is 0.303 e. The Labute approximate surface area is 100 Å². The molecule has 90 valence electrons. The van der Waals surface area contributed by atoms with Gasteiger partial charge in [0.05, 0.1) is 18.1 Å². The molecular weight excluding hydrogens is 237 g/mol. The van der Waals surface area contributed by atoms with Crippen molar-refractivity contribution in [2.45, 2.75) is 6.92 Å². The number of halogens is 1. The predicted octanol–water partition coefficient (Wildman–Crippen LogP) is 0.951. The van der Waals surface area contributed by atoms with Gasteiger partial charge in [-0.1, -0.05) is 0 Å². The zero-order chi connectivity index (χ0) is 12.7. The Morgan fingerprint density at radius 3 is 2.83 bits per heavy atom. The average molecular weight is 245 g/mol. The molecule has 0 bridgehead atoms. The van der Waals surface area contributed by atoms with Gasteiger partial charge in [-0.15, -0.1) is 0 Å². The van der Waals surface area contributed by atoms with Crippen molar-refractivity contribution in [3.05, 3.63) is 46.8 Å². The Morgan fingerprint density at radius 2 is 2.11 bits per heavy atom. The summed E-state index contributed by atoms with van der Waals surface area (Å²) in [5, 5.41) is 0. The van der Waals surface area contributed by atoms with Gasteiger partial charge in [0.15, 0.2) is 5.65 Å². The highest BCUT2D eigenvalue weighted by Crippen LogP contribution is 2.12. The Kier molecular flexibility index (Phi) is 2.19. The minimum atomic E-state index is -0.600. The van der Waals surface area contributed by atoms with Gasteiger partial charge in [0.2, 0.25) is 5.95 Å². The van der Waals surface area contributed by atoms with Crippen molar-refractivity contribution < 1.29 is 4.39 Å². The molecule has 0 fully saturated rings. The van der Waals surface area contributed by atoms with Crippen LogP contribution in [0.2, 0.25) is 0 Å². The SMILES string of the molecule is Cc1ncc2[nH]c(=O)n(-c3ccc(F)nc3)c2n1. The normalized spacial score (nSPS) is 11.0. The third kappa shape index (κ3) is 1.56. The van der Waals surface area contributed by atoms with Gasteiger partial charge in [-0.05, 0) is 19.1 Å². The van der Waals surface area contributed by atoms with E-state index in [4.69, 9.17) is 0 Å². The van der Waals surface area contributed by atoms with Crippen molar-refractivity contribution in [1.82, 2.24) is 24.5 Å². The molecule has 0 amide bonds. The van der Waals surface area contributed by atoms with Gasteiger partial charge < -0.3 is 4.98 Å². The number of nitrogens with one attached hydrogen (secondary N) is 1. The zero-order valence-electron chi connectivity index (χ0n) is 9.38. The quantitative estimate of drug-likeness (QED) is 0.647. The summed E-state index contributed by atoms with van der Waals surface area (Å²) >= 11 is 0. The molecule has 18 heavy (non-hydrogen) atoms. The predicted molar refractivity (Wildman–Crippen MR) is 62.0 cm³/mol. The molecule has 3 heterocycles. The number of H-pyrrole nitrogens is 1. The summed E-state index contributed by atoms with van der Waals surface area (Å²) in [6.07, 6.45) is 2.81. The van der Waals surface area contributed by atoms with Gasteiger partial charge in [-0.25, -0.2) is 24.3 Å². The van der Waals surface area contributed by atoms with E-state index in [9.17, 15) is 9.18 Å². The number of aromatic nitrogens is 5. The summed E-state index contributed by atoms with van der Waals surface area (Å²) in [7, 11) is 0. The van der Waals surface area contributed by atoms with Crippen LogP contribution in [-0.4, -0.2) is 24.5 Å². The number of aryl methyl sites for hydroxylation is 1. The number of hydrogen-bond acceptors (Lipinski definition) is 4. The lowest BCUT2D eigenvalue weighted by Gasteiger charge is -2.01. The molecule has 0 saturated heterocycles. The van der Waals surface area contributed by atoms with Crippen LogP contribution in [0.1, 0.15) is 5.82 Å². The fourth-order valence-corrected chi connectivity index (χ4v) is 1.72. The lowest BCUT2D eigenvalue weighted by molar-refractivity contribution is 0.583. The van der Waals surface area contributed by atoms with Crippen LogP contribution < -0.4 is 5.69 Å². The lowest BCUT2D eigenvalue weighted by atomic mass is 10.4. The van der Waals surface area contributed by atoms with Gasteiger partial charge in [0.1, 0.15) is 11.3 Å². The maximum absolute atomic E-state index is 12.8. The van der Waals surface area contributed by atoms with E-state index in [0.717, 1.165) is 0 Å². The first-order valence-corrected chi connectivity index (χ1v) is 5.21. The largest absolute Gasteiger partial charge is 0.332 e. The van der Waals surface area contributed by atoms with Crippen LogP contribution in [0.3, 0.4) is 0 Å². The van der Waals surface area contributed by atoms with Crippen LogP contribution in [0.5, 0.6) is 0 Å². The summed E-state index contributed by atoms with van der Waals surface area (Å²) in [5.41, 5.74) is 1.06. The third-order valence-corrected chi connectivity index (χ3v) is 2.52. The molecule has 0 saturated carbocycles. The molecule has 0 atom stereocenters. The molecule has 0 spiro atoms. The average Bonchev–Trinajstić information content (AvgIpc) is 2.66. The minimum Gasteiger partial charge on any atom is -0.303 e.